The van der Waals surface area contributed by atoms with Gasteiger partial charge in [-0.2, -0.15) is 18.9 Å². The Balaban J connectivity index is 1.83. The molecule has 0 bridgehead atoms. The SMILES string of the molecule is COc1ccccc1NC(=O)C1=C(C)Nc2ncnn2C1c1cc(Br)ccc1OC(F)F. The van der Waals surface area contributed by atoms with Gasteiger partial charge in [0.05, 0.1) is 18.4 Å². The van der Waals surface area contributed by atoms with E-state index in [4.69, 9.17) is 9.47 Å². The number of benzene rings is 2. The van der Waals surface area contributed by atoms with Gasteiger partial charge in [0.1, 0.15) is 23.9 Å². The number of alkyl halides is 2. The molecule has 1 aliphatic rings. The van der Waals surface area contributed by atoms with E-state index in [1.165, 1.54) is 24.2 Å². The van der Waals surface area contributed by atoms with Crippen LogP contribution in [0.5, 0.6) is 11.5 Å². The maximum absolute atomic E-state index is 13.5. The summed E-state index contributed by atoms with van der Waals surface area (Å²) in [7, 11) is 1.50. The Morgan fingerprint density at radius 1 is 1.25 bits per heavy atom. The summed E-state index contributed by atoms with van der Waals surface area (Å²) in [6.07, 6.45) is 1.31. The third kappa shape index (κ3) is 4.15. The number of para-hydroxylation sites is 2. The van der Waals surface area contributed by atoms with Gasteiger partial charge in [0, 0.05) is 15.7 Å². The molecule has 0 aliphatic carbocycles. The highest BCUT2D eigenvalue weighted by Gasteiger charge is 2.36. The van der Waals surface area contributed by atoms with Crippen molar-refractivity contribution in [3.05, 3.63) is 70.1 Å². The van der Waals surface area contributed by atoms with Crippen LogP contribution in [0.25, 0.3) is 0 Å². The molecule has 32 heavy (non-hydrogen) atoms. The van der Waals surface area contributed by atoms with Crippen LogP contribution in [-0.4, -0.2) is 34.4 Å². The van der Waals surface area contributed by atoms with Crippen molar-refractivity contribution in [2.75, 3.05) is 17.7 Å². The first kappa shape index (κ1) is 21.8. The molecular formula is C21H18BrF2N5O3. The number of carbonyl (C=O) groups is 1. The average molecular weight is 506 g/mol. The quantitative estimate of drug-likeness (QED) is 0.509. The minimum Gasteiger partial charge on any atom is -0.495 e. The summed E-state index contributed by atoms with van der Waals surface area (Å²) in [5.41, 5.74) is 1.52. The molecule has 4 rings (SSSR count). The molecule has 1 aliphatic heterocycles. The molecule has 1 aromatic heterocycles. The van der Waals surface area contributed by atoms with Crippen LogP contribution < -0.4 is 20.1 Å². The van der Waals surface area contributed by atoms with Gasteiger partial charge in [-0.05, 0) is 37.3 Å². The molecular weight excluding hydrogens is 488 g/mol. The normalized spacial score (nSPS) is 15.2. The van der Waals surface area contributed by atoms with Gasteiger partial charge in [0.15, 0.2) is 0 Å². The van der Waals surface area contributed by atoms with E-state index >= 15 is 0 Å². The van der Waals surface area contributed by atoms with Crippen LogP contribution in [0.15, 0.2) is 64.5 Å². The van der Waals surface area contributed by atoms with Crippen molar-refractivity contribution in [3.63, 3.8) is 0 Å². The van der Waals surface area contributed by atoms with E-state index in [9.17, 15) is 13.6 Å². The second kappa shape index (κ2) is 8.95. The van der Waals surface area contributed by atoms with Crippen LogP contribution in [0.2, 0.25) is 0 Å². The van der Waals surface area contributed by atoms with Gasteiger partial charge in [-0.25, -0.2) is 4.68 Å². The number of halogens is 3. The van der Waals surface area contributed by atoms with Gasteiger partial charge < -0.3 is 20.1 Å². The summed E-state index contributed by atoms with van der Waals surface area (Å²) < 4.78 is 38.4. The molecule has 0 saturated carbocycles. The summed E-state index contributed by atoms with van der Waals surface area (Å²) in [5.74, 6) is 0.301. The first-order valence-corrected chi connectivity index (χ1v) is 10.2. The molecule has 166 valence electrons. The van der Waals surface area contributed by atoms with Gasteiger partial charge in [0.25, 0.3) is 5.91 Å². The number of ether oxygens (including phenoxy) is 2. The molecule has 11 heteroatoms. The number of methoxy groups -OCH3 is 1. The van der Waals surface area contributed by atoms with Crippen LogP contribution >= 0.6 is 15.9 Å². The topological polar surface area (TPSA) is 90.3 Å². The van der Waals surface area contributed by atoms with Crippen LogP contribution in [0.4, 0.5) is 20.4 Å². The van der Waals surface area contributed by atoms with Crippen molar-refractivity contribution in [1.29, 1.82) is 0 Å². The minimum atomic E-state index is -3.04. The Bertz CT molecular complexity index is 1200. The standard InChI is InChI=1S/C21H18BrF2N5O3/c1-11-17(19(30)28-14-5-3-4-6-16(14)31-2)18(29-21(27-11)25-10-26-29)13-9-12(22)7-8-15(13)32-20(23)24/h3-10,18,20H,1-2H3,(H,28,30)(H,25,26,27). The maximum Gasteiger partial charge on any atom is 0.387 e. The molecule has 0 radical (unpaired) electrons. The molecule has 8 nitrogen and oxygen atoms in total. The van der Waals surface area contributed by atoms with Crippen molar-refractivity contribution in [2.45, 2.75) is 19.6 Å². The lowest BCUT2D eigenvalue weighted by atomic mass is 9.94. The Morgan fingerprint density at radius 3 is 2.78 bits per heavy atom. The molecule has 3 aromatic rings. The highest BCUT2D eigenvalue weighted by molar-refractivity contribution is 9.10. The van der Waals surface area contributed by atoms with Crippen molar-refractivity contribution in [1.82, 2.24) is 14.8 Å². The van der Waals surface area contributed by atoms with Gasteiger partial charge in [-0.1, -0.05) is 28.1 Å². The molecule has 2 heterocycles. The third-order valence-electron chi connectivity index (χ3n) is 4.88. The number of aromatic nitrogens is 3. The third-order valence-corrected chi connectivity index (χ3v) is 5.37. The Kier molecular flexibility index (Phi) is 6.08. The molecule has 1 atom stereocenters. The smallest absolute Gasteiger partial charge is 0.387 e. The van der Waals surface area contributed by atoms with Crippen LogP contribution in [0.1, 0.15) is 18.5 Å². The van der Waals surface area contributed by atoms with Crippen molar-refractivity contribution >= 4 is 33.5 Å². The zero-order valence-electron chi connectivity index (χ0n) is 17.0. The zero-order chi connectivity index (χ0) is 22.8. The second-order valence-corrected chi connectivity index (χ2v) is 7.73. The van der Waals surface area contributed by atoms with Gasteiger partial charge in [-0.3, -0.25) is 4.79 Å². The number of fused-ring (bicyclic) bond motifs is 1. The Hall–Kier alpha value is -3.47. The summed E-state index contributed by atoms with van der Waals surface area (Å²) in [4.78, 5) is 17.6. The summed E-state index contributed by atoms with van der Waals surface area (Å²) in [6, 6.07) is 10.7. The number of amides is 1. The fourth-order valence-corrected chi connectivity index (χ4v) is 3.93. The van der Waals surface area contributed by atoms with Gasteiger partial charge in [-0.15, -0.1) is 0 Å². The van der Waals surface area contributed by atoms with Crippen LogP contribution in [-0.2, 0) is 4.79 Å². The number of hydrogen-bond donors (Lipinski definition) is 2. The van der Waals surface area contributed by atoms with E-state index in [1.807, 2.05) is 0 Å². The zero-order valence-corrected chi connectivity index (χ0v) is 18.6. The predicted octanol–water partition coefficient (Wildman–Crippen LogP) is 4.58. The van der Waals surface area contributed by atoms with Gasteiger partial charge in [0.2, 0.25) is 5.95 Å². The Labute approximate surface area is 190 Å². The number of hydrogen-bond acceptors (Lipinski definition) is 6. The van der Waals surface area contributed by atoms with E-state index in [0.717, 1.165) is 0 Å². The highest BCUT2D eigenvalue weighted by atomic mass is 79.9. The van der Waals surface area contributed by atoms with Crippen molar-refractivity contribution in [2.24, 2.45) is 0 Å². The molecule has 1 unspecified atom stereocenters. The largest absolute Gasteiger partial charge is 0.495 e. The van der Waals surface area contributed by atoms with Crippen molar-refractivity contribution in [3.8, 4) is 11.5 Å². The van der Waals surface area contributed by atoms with E-state index in [0.29, 0.717) is 33.1 Å². The molecule has 0 spiro atoms. The first-order valence-electron chi connectivity index (χ1n) is 9.45. The lowest BCUT2D eigenvalue weighted by molar-refractivity contribution is -0.113. The molecule has 2 N–H and O–H groups in total. The molecule has 2 aromatic carbocycles. The first-order chi connectivity index (χ1) is 15.4. The maximum atomic E-state index is 13.5. The van der Waals surface area contributed by atoms with E-state index < -0.39 is 18.6 Å². The number of rotatable bonds is 6. The summed E-state index contributed by atoms with van der Waals surface area (Å²) in [5, 5.41) is 10.1. The summed E-state index contributed by atoms with van der Waals surface area (Å²) >= 11 is 3.37. The van der Waals surface area contributed by atoms with Crippen LogP contribution in [0.3, 0.4) is 0 Å². The Morgan fingerprint density at radius 2 is 2.03 bits per heavy atom. The number of anilines is 2. The molecule has 0 fully saturated rings. The molecule has 0 saturated heterocycles. The van der Waals surface area contributed by atoms with Crippen LogP contribution in [0, 0.1) is 0 Å². The lowest BCUT2D eigenvalue weighted by Gasteiger charge is -2.30. The number of nitrogens with one attached hydrogen (secondary N) is 2. The van der Waals surface area contributed by atoms with Crippen molar-refractivity contribution < 1.29 is 23.0 Å². The minimum absolute atomic E-state index is 0.0769. The average Bonchev–Trinajstić information content (AvgIpc) is 3.22. The van der Waals surface area contributed by atoms with Gasteiger partial charge >= 0.3 is 6.61 Å². The molecule has 1 amide bonds. The lowest BCUT2D eigenvalue weighted by Crippen LogP contribution is -2.32. The van der Waals surface area contributed by atoms with E-state index in [1.54, 1.807) is 43.3 Å². The monoisotopic (exact) mass is 505 g/mol. The highest BCUT2D eigenvalue weighted by Crippen LogP contribution is 2.41. The number of nitrogens with zero attached hydrogens (tertiary/aromatic N) is 3. The summed E-state index contributed by atoms with van der Waals surface area (Å²) in [6.45, 7) is -1.34. The fraction of sp³-hybridized carbons (Fsp3) is 0.190. The fourth-order valence-electron chi connectivity index (χ4n) is 3.55. The predicted molar refractivity (Wildman–Crippen MR) is 117 cm³/mol. The second-order valence-electron chi connectivity index (χ2n) is 6.81. The number of carbonyl (C=O) groups excluding carboxylic acids is 1. The number of allylic oxidation sites excluding steroid dienone is 1. The van der Waals surface area contributed by atoms with E-state index in [-0.39, 0.29) is 11.3 Å². The van der Waals surface area contributed by atoms with E-state index in [2.05, 4.69) is 36.6 Å².